The van der Waals surface area contributed by atoms with E-state index in [-0.39, 0.29) is 0 Å². The third-order valence-electron chi connectivity index (χ3n) is 3.56. The molecule has 2 nitrogen and oxygen atoms in total. The van der Waals surface area contributed by atoms with Crippen LogP contribution in [0.2, 0.25) is 0 Å². The minimum atomic E-state index is -0.850. The van der Waals surface area contributed by atoms with E-state index in [4.69, 9.17) is 5.11 Å². The Kier molecular flexibility index (Phi) is 16.7. The van der Waals surface area contributed by atoms with Gasteiger partial charge in [0.25, 0.3) is 0 Å². The van der Waals surface area contributed by atoms with Crippen LogP contribution in [0, 0.1) is 0 Å². The zero-order chi connectivity index (χ0) is 16.3. The molecule has 1 N–H and O–H groups in total. The molecule has 22 heavy (non-hydrogen) atoms. The Hall–Kier alpha value is -1.31. The number of allylic oxidation sites excluding steroid dienone is 5. The van der Waals surface area contributed by atoms with Crippen molar-refractivity contribution < 1.29 is 9.90 Å². The molecule has 0 rings (SSSR count). The van der Waals surface area contributed by atoms with Crippen LogP contribution in [0.5, 0.6) is 0 Å². The molecule has 0 radical (unpaired) electrons. The first-order valence-electron chi connectivity index (χ1n) is 8.96. The van der Waals surface area contributed by atoms with Crippen molar-refractivity contribution in [2.24, 2.45) is 0 Å². The van der Waals surface area contributed by atoms with Crippen molar-refractivity contribution in [1.29, 1.82) is 0 Å². The molecule has 0 fully saturated rings. The van der Waals surface area contributed by atoms with Crippen LogP contribution >= 0.6 is 0 Å². The monoisotopic (exact) mass is 306 g/mol. The van der Waals surface area contributed by atoms with Crippen molar-refractivity contribution >= 4 is 5.97 Å². The molecule has 0 aliphatic carbocycles. The fourth-order valence-electron chi connectivity index (χ4n) is 2.28. The standard InChI is InChI=1S/C20H34O2/c1-2-3-4-5-6-7-8-9-10-11-12-13-14-15-16-17-18-19-20(21)22/h3-4,12-13,18-19H,2,5-11,14-17H2,1H3,(H,21,22). The van der Waals surface area contributed by atoms with Crippen molar-refractivity contribution in [3.8, 4) is 0 Å². The van der Waals surface area contributed by atoms with Gasteiger partial charge < -0.3 is 5.11 Å². The van der Waals surface area contributed by atoms with Crippen LogP contribution in [0.15, 0.2) is 36.5 Å². The number of hydrogen-bond donors (Lipinski definition) is 1. The molecule has 0 amide bonds. The molecular formula is C20H34O2. The van der Waals surface area contributed by atoms with Crippen LogP contribution in [0.1, 0.15) is 84.0 Å². The first-order chi connectivity index (χ1) is 10.8. The van der Waals surface area contributed by atoms with Gasteiger partial charge in [-0.3, -0.25) is 0 Å². The smallest absolute Gasteiger partial charge is 0.327 e. The molecule has 0 aromatic rings. The fourth-order valence-corrected chi connectivity index (χ4v) is 2.28. The Morgan fingerprint density at radius 2 is 1.09 bits per heavy atom. The maximum Gasteiger partial charge on any atom is 0.327 e. The Bertz CT molecular complexity index is 327. The van der Waals surface area contributed by atoms with E-state index in [1.54, 1.807) is 6.08 Å². The van der Waals surface area contributed by atoms with Gasteiger partial charge in [-0.15, -0.1) is 0 Å². The quantitative estimate of drug-likeness (QED) is 0.215. The second kappa shape index (κ2) is 17.7. The number of unbranched alkanes of at least 4 members (excludes halogenated alkanes) is 9. The van der Waals surface area contributed by atoms with Crippen molar-refractivity contribution in [3.63, 3.8) is 0 Å². The van der Waals surface area contributed by atoms with E-state index in [2.05, 4.69) is 31.2 Å². The summed E-state index contributed by atoms with van der Waals surface area (Å²) in [7, 11) is 0. The van der Waals surface area contributed by atoms with Crippen LogP contribution < -0.4 is 0 Å². The molecule has 2 heteroatoms. The second-order valence-corrected chi connectivity index (χ2v) is 5.72. The van der Waals surface area contributed by atoms with E-state index in [0.29, 0.717) is 0 Å². The van der Waals surface area contributed by atoms with E-state index in [1.807, 2.05) is 0 Å². The van der Waals surface area contributed by atoms with Gasteiger partial charge in [0.05, 0.1) is 0 Å². The SMILES string of the molecule is CCC=CCCCCCCCC=CCCCCC=CC(=O)O. The van der Waals surface area contributed by atoms with Crippen molar-refractivity contribution in [1.82, 2.24) is 0 Å². The molecule has 0 spiro atoms. The van der Waals surface area contributed by atoms with Gasteiger partial charge in [-0.25, -0.2) is 4.79 Å². The fraction of sp³-hybridized carbons (Fsp3) is 0.650. The normalized spacial score (nSPS) is 12.0. The highest BCUT2D eigenvalue weighted by Crippen LogP contribution is 2.09. The largest absolute Gasteiger partial charge is 0.478 e. The summed E-state index contributed by atoms with van der Waals surface area (Å²) in [5.41, 5.74) is 0. The minimum absolute atomic E-state index is 0.850. The van der Waals surface area contributed by atoms with Gasteiger partial charge in [0, 0.05) is 6.08 Å². The highest BCUT2D eigenvalue weighted by molar-refractivity contribution is 5.79. The molecule has 126 valence electrons. The molecular weight excluding hydrogens is 272 g/mol. The van der Waals surface area contributed by atoms with Crippen molar-refractivity contribution in [2.75, 3.05) is 0 Å². The Morgan fingerprint density at radius 1 is 0.682 bits per heavy atom. The Balaban J connectivity index is 3.18. The minimum Gasteiger partial charge on any atom is -0.478 e. The summed E-state index contributed by atoms with van der Waals surface area (Å²) in [5.74, 6) is -0.850. The molecule has 0 saturated heterocycles. The number of carbonyl (C=O) groups is 1. The van der Waals surface area contributed by atoms with Crippen LogP contribution in [0.4, 0.5) is 0 Å². The van der Waals surface area contributed by atoms with E-state index >= 15 is 0 Å². The summed E-state index contributed by atoms with van der Waals surface area (Å²) < 4.78 is 0. The van der Waals surface area contributed by atoms with Crippen molar-refractivity contribution in [2.45, 2.75) is 84.0 Å². The molecule has 0 aromatic carbocycles. The third kappa shape index (κ3) is 18.7. The molecule has 0 atom stereocenters. The molecule has 0 bridgehead atoms. The molecule has 0 aliphatic rings. The van der Waals surface area contributed by atoms with E-state index in [9.17, 15) is 4.79 Å². The Morgan fingerprint density at radius 3 is 1.59 bits per heavy atom. The van der Waals surface area contributed by atoms with E-state index in [1.165, 1.54) is 51.0 Å². The molecule has 0 aliphatic heterocycles. The first-order valence-corrected chi connectivity index (χ1v) is 8.96. The lowest BCUT2D eigenvalue weighted by Gasteiger charge is -1.98. The predicted octanol–water partition coefficient (Wildman–Crippen LogP) is 6.44. The van der Waals surface area contributed by atoms with Crippen LogP contribution in [0.25, 0.3) is 0 Å². The van der Waals surface area contributed by atoms with Crippen molar-refractivity contribution in [3.05, 3.63) is 36.5 Å². The van der Waals surface area contributed by atoms with E-state index < -0.39 is 5.97 Å². The number of carboxylic acid groups (broad SMARTS) is 1. The van der Waals surface area contributed by atoms with Gasteiger partial charge in [-0.05, 0) is 57.8 Å². The number of rotatable bonds is 15. The lowest BCUT2D eigenvalue weighted by Crippen LogP contribution is -1.85. The van der Waals surface area contributed by atoms with Gasteiger partial charge in [-0.2, -0.15) is 0 Å². The summed E-state index contributed by atoms with van der Waals surface area (Å²) in [5, 5.41) is 8.44. The molecule has 0 heterocycles. The topological polar surface area (TPSA) is 37.3 Å². The lowest BCUT2D eigenvalue weighted by molar-refractivity contribution is -0.131. The van der Waals surface area contributed by atoms with E-state index in [0.717, 1.165) is 32.1 Å². The number of hydrogen-bond acceptors (Lipinski definition) is 1. The summed E-state index contributed by atoms with van der Waals surface area (Å²) in [4.78, 5) is 10.3. The van der Waals surface area contributed by atoms with Gasteiger partial charge >= 0.3 is 5.97 Å². The predicted molar refractivity (Wildman–Crippen MR) is 96.1 cm³/mol. The maximum absolute atomic E-state index is 10.3. The highest BCUT2D eigenvalue weighted by Gasteiger charge is 1.89. The number of carboxylic acids is 1. The van der Waals surface area contributed by atoms with Gasteiger partial charge in [-0.1, -0.05) is 56.6 Å². The molecule has 0 aromatic heterocycles. The third-order valence-corrected chi connectivity index (χ3v) is 3.56. The summed E-state index contributed by atoms with van der Waals surface area (Å²) in [6.45, 7) is 2.18. The average molecular weight is 306 g/mol. The summed E-state index contributed by atoms with van der Waals surface area (Å²) in [6, 6.07) is 0. The zero-order valence-corrected chi connectivity index (χ0v) is 14.3. The maximum atomic E-state index is 10.3. The van der Waals surface area contributed by atoms with Gasteiger partial charge in [0.1, 0.15) is 0 Å². The molecule has 0 unspecified atom stereocenters. The van der Waals surface area contributed by atoms with Crippen LogP contribution in [-0.4, -0.2) is 11.1 Å². The first kappa shape index (κ1) is 20.7. The number of aliphatic carboxylic acids is 1. The second-order valence-electron chi connectivity index (χ2n) is 5.72. The lowest BCUT2D eigenvalue weighted by atomic mass is 10.1. The summed E-state index contributed by atoms with van der Waals surface area (Å²) >= 11 is 0. The average Bonchev–Trinajstić information content (AvgIpc) is 2.50. The van der Waals surface area contributed by atoms with Crippen LogP contribution in [0.3, 0.4) is 0 Å². The summed E-state index contributed by atoms with van der Waals surface area (Å²) in [6.07, 6.45) is 26.6. The van der Waals surface area contributed by atoms with Gasteiger partial charge in [0.2, 0.25) is 0 Å². The Labute approximate surface area is 137 Å². The van der Waals surface area contributed by atoms with Gasteiger partial charge in [0.15, 0.2) is 0 Å². The van der Waals surface area contributed by atoms with Crippen LogP contribution in [-0.2, 0) is 4.79 Å². The highest BCUT2D eigenvalue weighted by atomic mass is 16.4. The molecule has 0 saturated carbocycles. The zero-order valence-electron chi connectivity index (χ0n) is 14.3.